The molecule has 0 atom stereocenters. The number of nitrogens with two attached hydrogens (primary N) is 1. The summed E-state index contributed by atoms with van der Waals surface area (Å²) >= 11 is 5.89. The molecule has 0 spiro atoms. The highest BCUT2D eigenvalue weighted by molar-refractivity contribution is 6.30. The number of rotatable bonds is 4. The topological polar surface area (TPSA) is 95.5 Å². The van der Waals surface area contributed by atoms with Gasteiger partial charge < -0.3 is 10.5 Å². The second-order valence-corrected chi connectivity index (χ2v) is 5.18. The summed E-state index contributed by atoms with van der Waals surface area (Å²) in [5.41, 5.74) is 7.14. The van der Waals surface area contributed by atoms with Crippen LogP contribution in [-0.4, -0.2) is 10.9 Å². The van der Waals surface area contributed by atoms with Crippen LogP contribution in [0.15, 0.2) is 48.0 Å². The highest BCUT2D eigenvalue weighted by Gasteiger charge is 2.10. The molecular weight excluding hydrogens is 320 g/mol. The lowest BCUT2D eigenvalue weighted by atomic mass is 10.1. The summed E-state index contributed by atoms with van der Waals surface area (Å²) in [6.45, 7) is 1.58. The molecule has 0 saturated carbocycles. The zero-order valence-corrected chi connectivity index (χ0v) is 12.9. The van der Waals surface area contributed by atoms with Crippen LogP contribution in [-0.2, 0) is 4.79 Å². The third-order valence-corrected chi connectivity index (χ3v) is 3.24. The predicted octanol–water partition coefficient (Wildman–Crippen LogP) is 3.84. The molecule has 0 aliphatic rings. The van der Waals surface area contributed by atoms with Crippen molar-refractivity contribution in [2.75, 3.05) is 5.73 Å². The lowest BCUT2D eigenvalue weighted by molar-refractivity contribution is -0.384. The molecule has 0 radical (unpaired) electrons. The number of benzene rings is 2. The molecule has 2 N–H and O–H groups in total. The Morgan fingerprint density at radius 2 is 1.91 bits per heavy atom. The van der Waals surface area contributed by atoms with Crippen LogP contribution < -0.4 is 10.5 Å². The van der Waals surface area contributed by atoms with Gasteiger partial charge >= 0.3 is 5.97 Å². The van der Waals surface area contributed by atoms with E-state index in [2.05, 4.69) is 0 Å². The van der Waals surface area contributed by atoms with Crippen LogP contribution in [0.1, 0.15) is 12.5 Å². The summed E-state index contributed by atoms with van der Waals surface area (Å²) in [4.78, 5) is 22.1. The maximum absolute atomic E-state index is 12.0. The molecule has 6 nitrogen and oxygen atoms in total. The average Bonchev–Trinajstić information content (AvgIpc) is 2.51. The number of nitrogens with zero attached hydrogens (tertiary/aromatic N) is 1. The Morgan fingerprint density at radius 3 is 2.52 bits per heavy atom. The van der Waals surface area contributed by atoms with Crippen LogP contribution in [0.3, 0.4) is 0 Å². The zero-order chi connectivity index (χ0) is 17.0. The van der Waals surface area contributed by atoms with Gasteiger partial charge in [0.2, 0.25) is 0 Å². The molecule has 0 saturated heterocycles. The Morgan fingerprint density at radius 1 is 1.26 bits per heavy atom. The molecule has 23 heavy (non-hydrogen) atoms. The number of nitro benzene ring substituents is 1. The lowest BCUT2D eigenvalue weighted by Crippen LogP contribution is -2.09. The van der Waals surface area contributed by atoms with Crippen molar-refractivity contribution < 1.29 is 14.5 Å². The van der Waals surface area contributed by atoms with Crippen LogP contribution in [0.2, 0.25) is 5.02 Å². The summed E-state index contributed by atoms with van der Waals surface area (Å²) in [5.74, 6) is -0.370. The molecule has 7 heteroatoms. The highest BCUT2D eigenvalue weighted by Crippen LogP contribution is 2.22. The van der Waals surface area contributed by atoms with Crippen molar-refractivity contribution in [3.63, 3.8) is 0 Å². The number of carbonyl (C=O) groups is 1. The predicted molar refractivity (Wildman–Crippen MR) is 88.2 cm³/mol. The number of ether oxygens (including phenoxy) is 1. The second kappa shape index (κ2) is 6.93. The first-order valence-corrected chi connectivity index (χ1v) is 6.94. The molecule has 2 aromatic rings. The first-order chi connectivity index (χ1) is 10.9. The van der Waals surface area contributed by atoms with Crippen molar-refractivity contribution in [1.29, 1.82) is 0 Å². The Kier molecular flexibility index (Phi) is 4.98. The summed E-state index contributed by atoms with van der Waals surface area (Å²) in [5, 5.41) is 11.1. The van der Waals surface area contributed by atoms with Crippen molar-refractivity contribution in [3.05, 3.63) is 68.7 Å². The van der Waals surface area contributed by atoms with Crippen LogP contribution in [0.25, 0.3) is 6.08 Å². The first-order valence-electron chi connectivity index (χ1n) is 6.57. The normalized spacial score (nSPS) is 11.1. The van der Waals surface area contributed by atoms with Crippen molar-refractivity contribution >= 4 is 35.0 Å². The maximum Gasteiger partial charge on any atom is 0.339 e. The minimum Gasteiger partial charge on any atom is -0.423 e. The second-order valence-electron chi connectivity index (χ2n) is 4.74. The fraction of sp³-hybridized carbons (Fsp3) is 0.0625. The van der Waals surface area contributed by atoms with E-state index < -0.39 is 10.9 Å². The molecule has 0 amide bonds. The van der Waals surface area contributed by atoms with Crippen molar-refractivity contribution in [2.45, 2.75) is 6.92 Å². The van der Waals surface area contributed by atoms with Gasteiger partial charge in [-0.05, 0) is 48.9 Å². The molecule has 2 aromatic carbocycles. The quantitative estimate of drug-likeness (QED) is 0.229. The summed E-state index contributed by atoms with van der Waals surface area (Å²) in [6, 6.07) is 10.2. The Balaban J connectivity index is 2.14. The third kappa shape index (κ3) is 4.31. The zero-order valence-electron chi connectivity index (χ0n) is 12.2. The monoisotopic (exact) mass is 332 g/mol. The van der Waals surface area contributed by atoms with Crippen molar-refractivity contribution in [3.8, 4) is 5.75 Å². The van der Waals surface area contributed by atoms with E-state index in [1.165, 1.54) is 24.3 Å². The third-order valence-electron chi connectivity index (χ3n) is 3.00. The van der Waals surface area contributed by atoms with Gasteiger partial charge in [-0.1, -0.05) is 11.6 Å². The molecule has 0 bridgehead atoms. The number of hydrogen-bond donors (Lipinski definition) is 1. The minimum absolute atomic E-state index is 0.0798. The lowest BCUT2D eigenvalue weighted by Gasteiger charge is -2.06. The molecule has 0 heterocycles. The summed E-state index contributed by atoms with van der Waals surface area (Å²) in [7, 11) is 0. The number of anilines is 1. The number of nitro groups is 1. The van der Waals surface area contributed by atoms with Crippen molar-refractivity contribution in [2.24, 2.45) is 0 Å². The first kappa shape index (κ1) is 16.5. The van der Waals surface area contributed by atoms with Gasteiger partial charge in [0, 0.05) is 28.4 Å². The van der Waals surface area contributed by atoms with E-state index in [0.29, 0.717) is 21.8 Å². The fourth-order valence-electron chi connectivity index (χ4n) is 1.79. The van der Waals surface area contributed by atoms with Gasteiger partial charge in [0.15, 0.2) is 0 Å². The fourth-order valence-corrected chi connectivity index (χ4v) is 1.97. The van der Waals surface area contributed by atoms with Gasteiger partial charge in [0.25, 0.3) is 5.69 Å². The number of non-ortho nitro benzene ring substituents is 1. The largest absolute Gasteiger partial charge is 0.423 e. The summed E-state index contributed by atoms with van der Waals surface area (Å²) < 4.78 is 5.15. The number of hydrogen-bond acceptors (Lipinski definition) is 5. The average molecular weight is 333 g/mol. The van der Waals surface area contributed by atoms with Crippen molar-refractivity contribution in [1.82, 2.24) is 0 Å². The number of esters is 1. The Hall–Kier alpha value is -2.86. The maximum atomic E-state index is 12.0. The van der Waals surface area contributed by atoms with Gasteiger partial charge in [0.1, 0.15) is 5.75 Å². The van der Waals surface area contributed by atoms with Gasteiger partial charge in [-0.3, -0.25) is 10.1 Å². The van der Waals surface area contributed by atoms with E-state index in [9.17, 15) is 14.9 Å². The highest BCUT2D eigenvalue weighted by atomic mass is 35.5. The van der Waals surface area contributed by atoms with E-state index in [0.717, 1.165) is 0 Å². The molecular formula is C16H13ClN2O4. The van der Waals surface area contributed by atoms with E-state index in [4.69, 9.17) is 22.1 Å². The Bertz CT molecular complexity index is 785. The molecule has 0 aliphatic heterocycles. The smallest absolute Gasteiger partial charge is 0.339 e. The van der Waals surface area contributed by atoms with Gasteiger partial charge in [0.05, 0.1) is 4.92 Å². The van der Waals surface area contributed by atoms with Gasteiger partial charge in [-0.15, -0.1) is 0 Å². The molecule has 0 fully saturated rings. The van der Waals surface area contributed by atoms with E-state index >= 15 is 0 Å². The van der Waals surface area contributed by atoms with Crippen LogP contribution in [0.4, 0.5) is 11.4 Å². The van der Waals surface area contributed by atoms with Crippen LogP contribution in [0, 0.1) is 10.1 Å². The molecule has 0 aromatic heterocycles. The van der Waals surface area contributed by atoms with E-state index in [1.54, 1.807) is 31.2 Å². The summed E-state index contributed by atoms with van der Waals surface area (Å²) in [6.07, 6.45) is 1.56. The number of nitrogen functional groups attached to an aromatic ring is 1. The number of halogens is 1. The van der Waals surface area contributed by atoms with Crippen LogP contribution in [0.5, 0.6) is 5.75 Å². The minimum atomic E-state index is -0.585. The van der Waals surface area contributed by atoms with Gasteiger partial charge in [-0.2, -0.15) is 0 Å². The van der Waals surface area contributed by atoms with E-state index in [1.807, 2.05) is 0 Å². The molecule has 0 unspecified atom stereocenters. The van der Waals surface area contributed by atoms with Crippen LogP contribution >= 0.6 is 11.6 Å². The molecule has 118 valence electrons. The SMILES string of the molecule is CC(=Cc1cc(Cl)ccc1N)C(=O)Oc1ccc([N+](=O)[O-])cc1. The Labute approximate surface area is 137 Å². The molecule has 0 aliphatic carbocycles. The molecule has 2 rings (SSSR count). The standard InChI is InChI=1S/C16H13ClN2O4/c1-10(8-11-9-12(17)2-7-15(11)18)16(20)23-14-5-3-13(4-6-14)19(21)22/h2-9H,18H2,1H3. The van der Waals surface area contributed by atoms with E-state index in [-0.39, 0.29) is 11.4 Å². The number of carbonyl (C=O) groups excluding carboxylic acids is 1. The van der Waals surface area contributed by atoms with Gasteiger partial charge in [-0.25, -0.2) is 4.79 Å².